The van der Waals surface area contributed by atoms with E-state index < -0.39 is 0 Å². The lowest BCUT2D eigenvalue weighted by molar-refractivity contribution is -0.142. The number of carbonyl (C=O) groups excluding carboxylic acids is 1. The molecule has 0 saturated carbocycles. The molecule has 84 valence electrons. The predicted octanol–water partition coefficient (Wildman–Crippen LogP) is 1.87. The SMILES string of the molecule is CCCCC(C(=O)OC)c1cnn(C)c1. The number of carbonyl (C=O) groups is 1. The Labute approximate surface area is 90.2 Å². The molecule has 1 aromatic rings. The number of methoxy groups -OCH3 is 1. The van der Waals surface area contributed by atoms with Gasteiger partial charge in [-0.15, -0.1) is 0 Å². The molecule has 0 saturated heterocycles. The Hall–Kier alpha value is -1.32. The predicted molar refractivity (Wildman–Crippen MR) is 57.5 cm³/mol. The van der Waals surface area contributed by atoms with Gasteiger partial charge in [0, 0.05) is 18.8 Å². The van der Waals surface area contributed by atoms with Crippen LogP contribution in [0, 0.1) is 0 Å². The lowest BCUT2D eigenvalue weighted by Gasteiger charge is -2.11. The van der Waals surface area contributed by atoms with Gasteiger partial charge in [-0.25, -0.2) is 0 Å². The van der Waals surface area contributed by atoms with Gasteiger partial charge in [-0.3, -0.25) is 9.48 Å². The highest BCUT2D eigenvalue weighted by molar-refractivity contribution is 5.77. The molecule has 1 atom stereocenters. The van der Waals surface area contributed by atoms with E-state index in [-0.39, 0.29) is 11.9 Å². The minimum atomic E-state index is -0.170. The molecule has 1 rings (SSSR count). The van der Waals surface area contributed by atoms with E-state index >= 15 is 0 Å². The average molecular weight is 210 g/mol. The highest BCUT2D eigenvalue weighted by Crippen LogP contribution is 2.22. The molecule has 1 heterocycles. The van der Waals surface area contributed by atoms with Crippen LogP contribution in [0.4, 0.5) is 0 Å². The maximum absolute atomic E-state index is 11.6. The molecule has 0 N–H and O–H groups in total. The average Bonchev–Trinajstić information content (AvgIpc) is 2.65. The molecule has 0 bridgehead atoms. The number of unbranched alkanes of at least 4 members (excludes halogenated alkanes) is 1. The van der Waals surface area contributed by atoms with E-state index in [4.69, 9.17) is 4.74 Å². The topological polar surface area (TPSA) is 44.1 Å². The molecule has 0 aliphatic rings. The minimum Gasteiger partial charge on any atom is -0.469 e. The largest absolute Gasteiger partial charge is 0.469 e. The van der Waals surface area contributed by atoms with Gasteiger partial charge in [0.1, 0.15) is 0 Å². The number of nitrogens with zero attached hydrogens (tertiary/aromatic N) is 2. The molecule has 0 amide bonds. The third kappa shape index (κ3) is 3.08. The fourth-order valence-corrected chi connectivity index (χ4v) is 1.59. The second-order valence-corrected chi connectivity index (χ2v) is 3.67. The first-order chi connectivity index (χ1) is 7.19. The lowest BCUT2D eigenvalue weighted by Crippen LogP contribution is -2.13. The number of aryl methyl sites for hydroxylation is 1. The summed E-state index contributed by atoms with van der Waals surface area (Å²) in [6.45, 7) is 2.11. The van der Waals surface area contributed by atoms with Crippen LogP contribution in [-0.2, 0) is 16.6 Å². The highest BCUT2D eigenvalue weighted by Gasteiger charge is 2.21. The Bertz CT molecular complexity index is 320. The Morgan fingerprint density at radius 3 is 2.87 bits per heavy atom. The van der Waals surface area contributed by atoms with Crippen molar-refractivity contribution in [2.24, 2.45) is 7.05 Å². The molecule has 0 spiro atoms. The fourth-order valence-electron chi connectivity index (χ4n) is 1.59. The maximum atomic E-state index is 11.6. The van der Waals surface area contributed by atoms with Gasteiger partial charge >= 0.3 is 5.97 Å². The first-order valence-corrected chi connectivity index (χ1v) is 5.25. The van der Waals surface area contributed by atoms with Crippen LogP contribution in [0.15, 0.2) is 12.4 Å². The zero-order valence-corrected chi connectivity index (χ0v) is 9.56. The number of hydrogen-bond donors (Lipinski definition) is 0. The van der Waals surface area contributed by atoms with Crippen molar-refractivity contribution in [1.29, 1.82) is 0 Å². The van der Waals surface area contributed by atoms with E-state index in [2.05, 4.69) is 12.0 Å². The molecular weight excluding hydrogens is 192 g/mol. The van der Waals surface area contributed by atoms with Gasteiger partial charge in [-0.05, 0) is 6.42 Å². The summed E-state index contributed by atoms with van der Waals surface area (Å²) in [6, 6.07) is 0. The van der Waals surface area contributed by atoms with Crippen molar-refractivity contribution in [2.45, 2.75) is 32.1 Å². The van der Waals surface area contributed by atoms with Gasteiger partial charge in [-0.1, -0.05) is 19.8 Å². The molecule has 0 aliphatic carbocycles. The van der Waals surface area contributed by atoms with Crippen LogP contribution >= 0.6 is 0 Å². The van der Waals surface area contributed by atoms with Crippen molar-refractivity contribution >= 4 is 5.97 Å². The standard InChI is InChI=1S/C11H18N2O2/c1-4-5-6-10(11(14)15-3)9-7-12-13(2)8-9/h7-8,10H,4-6H2,1-3H3. The molecule has 4 nitrogen and oxygen atoms in total. The van der Waals surface area contributed by atoms with Crippen LogP contribution in [0.3, 0.4) is 0 Å². The Balaban J connectivity index is 2.76. The van der Waals surface area contributed by atoms with Gasteiger partial charge in [0.05, 0.1) is 19.2 Å². The molecule has 0 fully saturated rings. The summed E-state index contributed by atoms with van der Waals surface area (Å²) in [4.78, 5) is 11.6. The van der Waals surface area contributed by atoms with Crippen molar-refractivity contribution in [1.82, 2.24) is 9.78 Å². The van der Waals surface area contributed by atoms with E-state index in [9.17, 15) is 4.79 Å². The molecule has 1 aromatic heterocycles. The van der Waals surface area contributed by atoms with Gasteiger partial charge in [-0.2, -0.15) is 5.10 Å². The number of esters is 1. The summed E-state index contributed by atoms with van der Waals surface area (Å²) < 4.78 is 6.50. The molecule has 0 radical (unpaired) electrons. The Morgan fingerprint density at radius 2 is 2.40 bits per heavy atom. The number of rotatable bonds is 5. The van der Waals surface area contributed by atoms with Crippen LogP contribution in [0.25, 0.3) is 0 Å². The molecule has 1 unspecified atom stereocenters. The third-order valence-electron chi connectivity index (χ3n) is 2.46. The van der Waals surface area contributed by atoms with Gasteiger partial charge in [0.15, 0.2) is 0 Å². The van der Waals surface area contributed by atoms with E-state index in [1.165, 1.54) is 7.11 Å². The van der Waals surface area contributed by atoms with E-state index in [1.54, 1.807) is 10.9 Å². The minimum absolute atomic E-state index is 0.163. The van der Waals surface area contributed by atoms with E-state index in [0.29, 0.717) is 0 Å². The van der Waals surface area contributed by atoms with Gasteiger partial charge < -0.3 is 4.74 Å². The summed E-state index contributed by atoms with van der Waals surface area (Å²) in [5, 5.41) is 4.07. The van der Waals surface area contributed by atoms with Gasteiger partial charge in [0.25, 0.3) is 0 Å². The summed E-state index contributed by atoms with van der Waals surface area (Å²) in [6.07, 6.45) is 6.53. The van der Waals surface area contributed by atoms with E-state index in [0.717, 1.165) is 24.8 Å². The second kappa shape index (κ2) is 5.53. The van der Waals surface area contributed by atoms with Crippen LogP contribution in [0.5, 0.6) is 0 Å². The zero-order valence-electron chi connectivity index (χ0n) is 9.56. The van der Waals surface area contributed by atoms with Gasteiger partial charge in [0.2, 0.25) is 0 Å². The molecule has 15 heavy (non-hydrogen) atoms. The van der Waals surface area contributed by atoms with Crippen molar-refractivity contribution < 1.29 is 9.53 Å². The lowest BCUT2D eigenvalue weighted by atomic mass is 9.96. The Morgan fingerprint density at radius 1 is 1.67 bits per heavy atom. The van der Waals surface area contributed by atoms with Crippen molar-refractivity contribution in [3.05, 3.63) is 18.0 Å². The molecule has 0 aliphatic heterocycles. The maximum Gasteiger partial charge on any atom is 0.313 e. The Kier molecular flexibility index (Phi) is 4.34. The zero-order chi connectivity index (χ0) is 11.3. The van der Waals surface area contributed by atoms with Crippen LogP contribution < -0.4 is 0 Å². The monoisotopic (exact) mass is 210 g/mol. The smallest absolute Gasteiger partial charge is 0.313 e. The van der Waals surface area contributed by atoms with Crippen LogP contribution in [-0.4, -0.2) is 22.9 Å². The van der Waals surface area contributed by atoms with Crippen molar-refractivity contribution in [3.8, 4) is 0 Å². The molecular formula is C11H18N2O2. The van der Waals surface area contributed by atoms with Crippen molar-refractivity contribution in [2.75, 3.05) is 7.11 Å². The first kappa shape index (κ1) is 11.8. The molecule has 4 heteroatoms. The third-order valence-corrected chi connectivity index (χ3v) is 2.46. The number of aromatic nitrogens is 2. The quantitative estimate of drug-likeness (QED) is 0.697. The number of hydrogen-bond acceptors (Lipinski definition) is 3. The first-order valence-electron chi connectivity index (χ1n) is 5.25. The molecule has 0 aromatic carbocycles. The second-order valence-electron chi connectivity index (χ2n) is 3.67. The summed E-state index contributed by atoms with van der Waals surface area (Å²) in [5.74, 6) is -0.333. The number of ether oxygens (including phenoxy) is 1. The summed E-state index contributed by atoms with van der Waals surface area (Å²) in [5.41, 5.74) is 0.942. The van der Waals surface area contributed by atoms with Crippen molar-refractivity contribution in [3.63, 3.8) is 0 Å². The normalized spacial score (nSPS) is 12.5. The van der Waals surface area contributed by atoms with E-state index in [1.807, 2.05) is 13.2 Å². The fraction of sp³-hybridized carbons (Fsp3) is 0.636. The van der Waals surface area contributed by atoms with Crippen LogP contribution in [0.1, 0.15) is 37.7 Å². The highest BCUT2D eigenvalue weighted by atomic mass is 16.5. The summed E-state index contributed by atoms with van der Waals surface area (Å²) >= 11 is 0. The van der Waals surface area contributed by atoms with Crippen LogP contribution in [0.2, 0.25) is 0 Å². The summed E-state index contributed by atoms with van der Waals surface area (Å²) in [7, 11) is 3.27.